The monoisotopic (exact) mass is 254 g/mol. The van der Waals surface area contributed by atoms with Crippen LogP contribution in [0.2, 0.25) is 0 Å². The molecule has 0 aromatic rings. The van der Waals surface area contributed by atoms with Gasteiger partial charge in [0, 0.05) is 13.1 Å². The minimum Gasteiger partial charge on any atom is -0.378 e. The van der Waals surface area contributed by atoms with E-state index in [0.717, 1.165) is 31.3 Å². The normalized spacial score (nSPS) is 33.1. The van der Waals surface area contributed by atoms with Crippen LogP contribution in [-0.2, 0) is 9.53 Å². The number of rotatable bonds is 4. The maximum atomic E-state index is 11.9. The van der Waals surface area contributed by atoms with Gasteiger partial charge in [-0.2, -0.15) is 0 Å². The van der Waals surface area contributed by atoms with Crippen LogP contribution in [0, 0.1) is 11.8 Å². The summed E-state index contributed by atoms with van der Waals surface area (Å²) in [7, 11) is 0. The molecule has 1 amide bonds. The molecule has 1 saturated heterocycles. The SMILES string of the molecule is CC1CCCC(CCNC(=O)C2COCCN2)C1. The third-order valence-electron chi connectivity index (χ3n) is 4.13. The number of morpholine rings is 1. The number of carbonyl (C=O) groups excluding carboxylic acids is 1. The van der Waals surface area contributed by atoms with Gasteiger partial charge < -0.3 is 15.4 Å². The summed E-state index contributed by atoms with van der Waals surface area (Å²) >= 11 is 0. The quantitative estimate of drug-likeness (QED) is 0.795. The molecule has 3 atom stereocenters. The van der Waals surface area contributed by atoms with Gasteiger partial charge in [0.1, 0.15) is 6.04 Å². The number of ether oxygens (including phenoxy) is 1. The minimum atomic E-state index is -0.149. The summed E-state index contributed by atoms with van der Waals surface area (Å²) < 4.78 is 5.29. The maximum Gasteiger partial charge on any atom is 0.239 e. The Balaban J connectivity index is 1.60. The Morgan fingerprint density at radius 3 is 3.06 bits per heavy atom. The first-order valence-electron chi connectivity index (χ1n) is 7.34. The molecular formula is C14H26N2O2. The lowest BCUT2D eigenvalue weighted by Crippen LogP contribution is -2.51. The maximum absolute atomic E-state index is 11.9. The Morgan fingerprint density at radius 1 is 1.44 bits per heavy atom. The smallest absolute Gasteiger partial charge is 0.239 e. The summed E-state index contributed by atoms with van der Waals surface area (Å²) in [5, 5.41) is 6.21. The molecule has 104 valence electrons. The van der Waals surface area contributed by atoms with Crippen LogP contribution in [0.5, 0.6) is 0 Å². The predicted octanol–water partition coefficient (Wildman–Crippen LogP) is 1.31. The highest BCUT2D eigenvalue weighted by Gasteiger charge is 2.22. The first-order chi connectivity index (χ1) is 8.75. The van der Waals surface area contributed by atoms with Gasteiger partial charge in [0.2, 0.25) is 5.91 Å². The van der Waals surface area contributed by atoms with Crippen LogP contribution in [0.15, 0.2) is 0 Å². The van der Waals surface area contributed by atoms with E-state index in [9.17, 15) is 4.79 Å². The molecule has 18 heavy (non-hydrogen) atoms. The minimum absolute atomic E-state index is 0.0959. The second-order valence-corrected chi connectivity index (χ2v) is 5.80. The van der Waals surface area contributed by atoms with E-state index in [4.69, 9.17) is 4.74 Å². The van der Waals surface area contributed by atoms with Gasteiger partial charge in [-0.3, -0.25) is 4.79 Å². The molecule has 1 heterocycles. The molecule has 1 aliphatic heterocycles. The highest BCUT2D eigenvalue weighted by atomic mass is 16.5. The van der Waals surface area contributed by atoms with Crippen LogP contribution in [0.4, 0.5) is 0 Å². The zero-order valence-electron chi connectivity index (χ0n) is 11.4. The van der Waals surface area contributed by atoms with Gasteiger partial charge in [-0.1, -0.05) is 26.2 Å². The van der Waals surface area contributed by atoms with E-state index in [1.165, 1.54) is 25.7 Å². The topological polar surface area (TPSA) is 50.4 Å². The Hall–Kier alpha value is -0.610. The molecule has 2 rings (SSSR count). The molecule has 0 aromatic heterocycles. The average molecular weight is 254 g/mol. The van der Waals surface area contributed by atoms with E-state index >= 15 is 0 Å². The second-order valence-electron chi connectivity index (χ2n) is 5.80. The summed E-state index contributed by atoms with van der Waals surface area (Å²) in [6.45, 7) is 5.15. The first-order valence-corrected chi connectivity index (χ1v) is 7.34. The average Bonchev–Trinajstić information content (AvgIpc) is 2.40. The van der Waals surface area contributed by atoms with Crippen LogP contribution >= 0.6 is 0 Å². The van der Waals surface area contributed by atoms with Gasteiger partial charge in [-0.25, -0.2) is 0 Å². The molecule has 0 radical (unpaired) electrons. The van der Waals surface area contributed by atoms with Crippen LogP contribution in [-0.4, -0.2) is 38.3 Å². The number of hydrogen-bond donors (Lipinski definition) is 2. The van der Waals surface area contributed by atoms with Crippen molar-refractivity contribution < 1.29 is 9.53 Å². The number of carbonyl (C=O) groups is 1. The fraction of sp³-hybridized carbons (Fsp3) is 0.929. The lowest BCUT2D eigenvalue weighted by molar-refractivity contribution is -0.125. The van der Waals surface area contributed by atoms with E-state index in [1.807, 2.05) is 0 Å². The van der Waals surface area contributed by atoms with Crippen molar-refractivity contribution in [3.63, 3.8) is 0 Å². The largest absolute Gasteiger partial charge is 0.378 e. The molecule has 3 unspecified atom stereocenters. The number of nitrogens with one attached hydrogen (secondary N) is 2. The molecule has 2 aliphatic rings. The van der Waals surface area contributed by atoms with Crippen molar-refractivity contribution in [3.8, 4) is 0 Å². The molecule has 0 aromatic carbocycles. The summed E-state index contributed by atoms with van der Waals surface area (Å²) in [5.74, 6) is 1.77. The lowest BCUT2D eigenvalue weighted by Gasteiger charge is -2.27. The van der Waals surface area contributed by atoms with Gasteiger partial charge in [0.05, 0.1) is 13.2 Å². The third-order valence-corrected chi connectivity index (χ3v) is 4.13. The molecule has 0 spiro atoms. The first kappa shape index (κ1) is 13.8. The van der Waals surface area contributed by atoms with Gasteiger partial charge in [-0.05, 0) is 24.7 Å². The number of hydrogen-bond acceptors (Lipinski definition) is 3. The van der Waals surface area contributed by atoms with Gasteiger partial charge in [0.15, 0.2) is 0 Å². The summed E-state index contributed by atoms with van der Waals surface area (Å²) in [5.41, 5.74) is 0. The van der Waals surface area contributed by atoms with Gasteiger partial charge >= 0.3 is 0 Å². The summed E-state index contributed by atoms with van der Waals surface area (Å²) in [6, 6.07) is -0.149. The third kappa shape index (κ3) is 4.25. The fourth-order valence-electron chi connectivity index (χ4n) is 3.08. The number of amides is 1. The Morgan fingerprint density at radius 2 is 2.33 bits per heavy atom. The molecule has 1 aliphatic carbocycles. The van der Waals surface area contributed by atoms with Gasteiger partial charge in [0.25, 0.3) is 0 Å². The summed E-state index contributed by atoms with van der Waals surface area (Å²) in [6.07, 6.45) is 6.54. The van der Waals surface area contributed by atoms with Crippen LogP contribution in [0.3, 0.4) is 0 Å². The van der Waals surface area contributed by atoms with Crippen molar-refractivity contribution in [1.29, 1.82) is 0 Å². The standard InChI is InChI=1S/C14H26N2O2/c1-11-3-2-4-12(9-11)5-6-16-14(17)13-10-18-8-7-15-13/h11-13,15H,2-10H2,1H3,(H,16,17). The van der Waals surface area contributed by atoms with Crippen molar-refractivity contribution in [2.45, 2.75) is 45.1 Å². The zero-order chi connectivity index (χ0) is 12.8. The molecule has 4 heteroatoms. The van der Waals surface area contributed by atoms with Crippen molar-refractivity contribution >= 4 is 5.91 Å². The van der Waals surface area contributed by atoms with Crippen LogP contribution in [0.25, 0.3) is 0 Å². The predicted molar refractivity (Wildman–Crippen MR) is 71.4 cm³/mol. The van der Waals surface area contributed by atoms with Crippen LogP contribution in [0.1, 0.15) is 39.0 Å². The van der Waals surface area contributed by atoms with Crippen molar-refractivity contribution in [2.75, 3.05) is 26.3 Å². The summed E-state index contributed by atoms with van der Waals surface area (Å²) in [4.78, 5) is 11.9. The molecular weight excluding hydrogens is 228 g/mol. The van der Waals surface area contributed by atoms with Crippen LogP contribution < -0.4 is 10.6 Å². The van der Waals surface area contributed by atoms with Gasteiger partial charge in [-0.15, -0.1) is 0 Å². The van der Waals surface area contributed by atoms with E-state index in [0.29, 0.717) is 13.2 Å². The Labute approximate surface area is 110 Å². The van der Waals surface area contributed by atoms with Crippen molar-refractivity contribution in [3.05, 3.63) is 0 Å². The lowest BCUT2D eigenvalue weighted by atomic mass is 9.81. The van der Waals surface area contributed by atoms with Crippen molar-refractivity contribution in [1.82, 2.24) is 10.6 Å². The molecule has 1 saturated carbocycles. The Kier molecular flexibility index (Phi) is 5.45. The van der Waals surface area contributed by atoms with E-state index < -0.39 is 0 Å². The van der Waals surface area contributed by atoms with E-state index in [-0.39, 0.29) is 11.9 Å². The molecule has 0 bridgehead atoms. The molecule has 2 N–H and O–H groups in total. The fourth-order valence-corrected chi connectivity index (χ4v) is 3.08. The Bertz CT molecular complexity index is 265. The zero-order valence-corrected chi connectivity index (χ0v) is 11.4. The molecule has 4 nitrogen and oxygen atoms in total. The van der Waals surface area contributed by atoms with E-state index in [1.54, 1.807) is 0 Å². The molecule has 2 fully saturated rings. The van der Waals surface area contributed by atoms with Crippen molar-refractivity contribution in [2.24, 2.45) is 11.8 Å². The highest BCUT2D eigenvalue weighted by molar-refractivity contribution is 5.81. The second kappa shape index (κ2) is 7.10. The van der Waals surface area contributed by atoms with E-state index in [2.05, 4.69) is 17.6 Å². The highest BCUT2D eigenvalue weighted by Crippen LogP contribution is 2.30.